The van der Waals surface area contributed by atoms with Crippen molar-refractivity contribution in [1.29, 1.82) is 0 Å². The van der Waals surface area contributed by atoms with Gasteiger partial charge in [-0.25, -0.2) is 14.6 Å². The Morgan fingerprint density at radius 3 is 2.83 bits per heavy atom. The fourth-order valence-electron chi connectivity index (χ4n) is 2.13. The number of urea groups is 1. The predicted octanol–water partition coefficient (Wildman–Crippen LogP) is 3.81. The summed E-state index contributed by atoms with van der Waals surface area (Å²) in [6, 6.07) is 9.23. The minimum Gasteiger partial charge on any atom is -0.465 e. The van der Waals surface area contributed by atoms with Crippen LogP contribution < -0.4 is 5.32 Å². The average Bonchev–Trinajstić information content (AvgIpc) is 3.19. The number of benzene rings is 1. The molecule has 24 heavy (non-hydrogen) atoms. The number of carbonyl (C=O) groups excluding carboxylic acids is 2. The molecule has 0 aliphatic rings. The highest BCUT2D eigenvalue weighted by molar-refractivity contribution is 7.18. The summed E-state index contributed by atoms with van der Waals surface area (Å²) in [6.07, 6.45) is 0. The van der Waals surface area contributed by atoms with Gasteiger partial charge in [0.05, 0.1) is 29.6 Å². The molecule has 0 fully saturated rings. The van der Waals surface area contributed by atoms with Crippen LogP contribution in [0.25, 0.3) is 10.2 Å². The monoisotopic (exact) mass is 361 g/mol. The molecule has 1 aromatic carbocycles. The fourth-order valence-corrected chi connectivity index (χ4v) is 3.92. The number of hydrogen-bond acceptors (Lipinski definition) is 6. The average molecular weight is 361 g/mol. The van der Waals surface area contributed by atoms with E-state index in [4.69, 9.17) is 4.74 Å². The molecule has 2 amide bonds. The van der Waals surface area contributed by atoms with Crippen molar-refractivity contribution in [2.45, 2.75) is 6.54 Å². The van der Waals surface area contributed by atoms with Crippen molar-refractivity contribution in [2.75, 3.05) is 19.5 Å². The number of thiazole rings is 1. The lowest BCUT2D eigenvalue weighted by molar-refractivity contribution is 0.0607. The van der Waals surface area contributed by atoms with Gasteiger partial charge in [-0.15, -0.1) is 22.7 Å². The van der Waals surface area contributed by atoms with Crippen LogP contribution in [-0.2, 0) is 11.3 Å². The zero-order chi connectivity index (χ0) is 17.1. The smallest absolute Gasteiger partial charge is 0.350 e. The number of anilines is 1. The zero-order valence-electron chi connectivity index (χ0n) is 13.1. The Hall–Kier alpha value is -2.45. The summed E-state index contributed by atoms with van der Waals surface area (Å²) in [6.45, 7) is 0.392. The number of ether oxygens (including phenoxy) is 1. The molecule has 124 valence electrons. The molecule has 0 bridgehead atoms. The normalized spacial score (nSPS) is 10.6. The number of nitrogens with zero attached hydrogens (tertiary/aromatic N) is 2. The first-order chi connectivity index (χ1) is 11.6. The number of carbonyl (C=O) groups is 2. The SMILES string of the molecule is COC(=O)c1sccc1NC(=O)N(C)Cc1nc2ccccc2s1. The minimum absolute atomic E-state index is 0.308. The maximum absolute atomic E-state index is 12.3. The van der Waals surface area contributed by atoms with Gasteiger partial charge in [-0.2, -0.15) is 0 Å². The van der Waals surface area contributed by atoms with Crippen molar-refractivity contribution in [3.63, 3.8) is 0 Å². The van der Waals surface area contributed by atoms with Crippen LogP contribution in [0.1, 0.15) is 14.7 Å². The quantitative estimate of drug-likeness (QED) is 0.717. The maximum Gasteiger partial charge on any atom is 0.350 e. The van der Waals surface area contributed by atoms with Crippen LogP contribution in [0.15, 0.2) is 35.7 Å². The van der Waals surface area contributed by atoms with Crippen LogP contribution in [-0.4, -0.2) is 36.0 Å². The van der Waals surface area contributed by atoms with E-state index in [1.165, 1.54) is 23.3 Å². The number of rotatable bonds is 4. The van der Waals surface area contributed by atoms with Crippen LogP contribution in [0.5, 0.6) is 0 Å². The zero-order valence-corrected chi connectivity index (χ0v) is 14.7. The summed E-state index contributed by atoms with van der Waals surface area (Å²) in [5.74, 6) is -0.464. The summed E-state index contributed by atoms with van der Waals surface area (Å²) in [4.78, 5) is 30.4. The minimum atomic E-state index is -0.464. The van der Waals surface area contributed by atoms with Gasteiger partial charge in [0.25, 0.3) is 0 Å². The lowest BCUT2D eigenvalue weighted by atomic mass is 10.3. The molecule has 3 rings (SSSR count). The van der Waals surface area contributed by atoms with Gasteiger partial charge >= 0.3 is 12.0 Å². The van der Waals surface area contributed by atoms with Gasteiger partial charge in [0.2, 0.25) is 0 Å². The summed E-state index contributed by atoms with van der Waals surface area (Å²) in [5, 5.41) is 5.32. The third-order valence-corrected chi connectivity index (χ3v) is 5.25. The highest BCUT2D eigenvalue weighted by atomic mass is 32.1. The van der Waals surface area contributed by atoms with Crippen LogP contribution in [0.3, 0.4) is 0 Å². The Morgan fingerprint density at radius 2 is 2.08 bits per heavy atom. The molecule has 0 aliphatic carbocycles. The first-order valence-electron chi connectivity index (χ1n) is 7.11. The van der Waals surface area contributed by atoms with Crippen molar-refractivity contribution in [2.24, 2.45) is 0 Å². The summed E-state index contributed by atoms with van der Waals surface area (Å²) in [7, 11) is 3.00. The summed E-state index contributed by atoms with van der Waals surface area (Å²) >= 11 is 2.78. The molecule has 0 saturated heterocycles. The number of hydrogen-bond donors (Lipinski definition) is 1. The molecule has 0 atom stereocenters. The van der Waals surface area contributed by atoms with E-state index in [0.29, 0.717) is 17.1 Å². The van der Waals surface area contributed by atoms with E-state index < -0.39 is 5.97 Å². The molecule has 2 heterocycles. The third-order valence-electron chi connectivity index (χ3n) is 3.33. The molecule has 2 aromatic heterocycles. The van der Waals surface area contributed by atoms with Crippen LogP contribution in [0, 0.1) is 0 Å². The van der Waals surface area contributed by atoms with Crippen molar-refractivity contribution in [1.82, 2.24) is 9.88 Å². The molecule has 6 nitrogen and oxygen atoms in total. The highest BCUT2D eigenvalue weighted by Gasteiger charge is 2.18. The topological polar surface area (TPSA) is 71.5 Å². The molecule has 0 unspecified atom stereocenters. The second-order valence-corrected chi connectivity index (χ2v) is 7.05. The van der Waals surface area contributed by atoms with E-state index in [-0.39, 0.29) is 6.03 Å². The lowest BCUT2D eigenvalue weighted by Gasteiger charge is -2.16. The van der Waals surface area contributed by atoms with Crippen LogP contribution in [0.4, 0.5) is 10.5 Å². The summed E-state index contributed by atoms with van der Waals surface area (Å²) < 4.78 is 5.79. The molecule has 0 spiro atoms. The molecule has 0 aliphatic heterocycles. The van der Waals surface area contributed by atoms with Gasteiger partial charge in [-0.3, -0.25) is 0 Å². The lowest BCUT2D eigenvalue weighted by Crippen LogP contribution is -2.31. The van der Waals surface area contributed by atoms with Crippen LogP contribution in [0.2, 0.25) is 0 Å². The van der Waals surface area contributed by atoms with E-state index >= 15 is 0 Å². The van der Waals surface area contributed by atoms with Gasteiger partial charge < -0.3 is 15.0 Å². The number of amides is 2. The van der Waals surface area contributed by atoms with Gasteiger partial charge in [0.1, 0.15) is 9.88 Å². The van der Waals surface area contributed by atoms with E-state index in [1.54, 1.807) is 29.8 Å². The largest absolute Gasteiger partial charge is 0.465 e. The van der Waals surface area contributed by atoms with Crippen molar-refractivity contribution in [3.05, 3.63) is 45.6 Å². The number of fused-ring (bicyclic) bond motifs is 1. The molecule has 3 aromatic rings. The number of nitrogens with one attached hydrogen (secondary N) is 1. The second-order valence-electron chi connectivity index (χ2n) is 5.02. The second kappa shape index (κ2) is 6.98. The Morgan fingerprint density at radius 1 is 1.29 bits per heavy atom. The Balaban J connectivity index is 1.69. The Bertz CT molecular complexity index is 854. The molecule has 1 N–H and O–H groups in total. The van der Waals surface area contributed by atoms with Gasteiger partial charge in [-0.1, -0.05) is 12.1 Å². The molecular formula is C16H15N3O3S2. The van der Waals surface area contributed by atoms with Crippen molar-refractivity contribution >= 4 is 50.6 Å². The molecule has 0 radical (unpaired) electrons. The number of esters is 1. The number of aromatic nitrogens is 1. The van der Waals surface area contributed by atoms with Crippen LogP contribution >= 0.6 is 22.7 Å². The standard InChI is InChI=1S/C16H15N3O3S2/c1-19(9-13-17-10-5-3-4-6-12(10)24-13)16(21)18-11-7-8-23-14(11)15(20)22-2/h3-8H,9H2,1-2H3,(H,18,21). The van der Waals surface area contributed by atoms with E-state index in [0.717, 1.165) is 15.2 Å². The fraction of sp³-hybridized carbons (Fsp3) is 0.188. The number of thiophene rings is 1. The van der Waals surface area contributed by atoms with E-state index in [9.17, 15) is 9.59 Å². The van der Waals surface area contributed by atoms with Gasteiger partial charge in [-0.05, 0) is 23.6 Å². The summed E-state index contributed by atoms with van der Waals surface area (Å²) in [5.41, 5.74) is 1.38. The third kappa shape index (κ3) is 3.39. The maximum atomic E-state index is 12.3. The van der Waals surface area contributed by atoms with E-state index in [2.05, 4.69) is 10.3 Å². The van der Waals surface area contributed by atoms with Gasteiger partial charge in [0, 0.05) is 7.05 Å². The predicted molar refractivity (Wildman–Crippen MR) is 95.8 cm³/mol. The highest BCUT2D eigenvalue weighted by Crippen LogP contribution is 2.25. The molecule has 8 heteroatoms. The molecule has 0 saturated carbocycles. The Labute approximate surface area is 146 Å². The van der Waals surface area contributed by atoms with Crippen molar-refractivity contribution in [3.8, 4) is 0 Å². The number of methoxy groups -OCH3 is 1. The Kier molecular flexibility index (Phi) is 4.77. The van der Waals surface area contributed by atoms with Gasteiger partial charge in [0.15, 0.2) is 0 Å². The first kappa shape index (κ1) is 16.4. The van der Waals surface area contributed by atoms with Crippen molar-refractivity contribution < 1.29 is 14.3 Å². The first-order valence-corrected chi connectivity index (χ1v) is 8.80. The van der Waals surface area contributed by atoms with E-state index in [1.807, 2.05) is 24.3 Å². The number of para-hydroxylation sites is 1. The molecular weight excluding hydrogens is 346 g/mol.